The summed E-state index contributed by atoms with van der Waals surface area (Å²) in [5, 5.41) is 0. The number of hydrogen-bond donors (Lipinski definition) is 0. The van der Waals surface area contributed by atoms with E-state index in [1.807, 2.05) is 0 Å². The van der Waals surface area contributed by atoms with Gasteiger partial charge in [-0.1, -0.05) is 0 Å². The predicted molar refractivity (Wildman–Crippen MR) is 0.686 cm³/mol. The van der Waals surface area contributed by atoms with Crippen LogP contribution >= 0.6 is 0 Å². The predicted octanol–water partition coefficient (Wildman–Crippen LogP) is -0.124. The van der Waals surface area contributed by atoms with Crippen LogP contribution in [-0.2, 0) is 59.3 Å². The molecule has 0 aromatic heterocycles. The fourth-order valence-corrected chi connectivity index (χ4v) is 0. The summed E-state index contributed by atoms with van der Waals surface area (Å²) in [6.07, 6.45) is 0. The first-order valence-electron chi connectivity index (χ1n) is 0.236. The zero-order chi connectivity index (χ0) is 2.00. The average Bonchev–Trinajstić information content (AvgIpc) is 1.00. The second-order valence-electron chi connectivity index (χ2n) is 0. The smallest absolute Gasteiger partial charge is 0 e. The molecule has 0 aromatic carbocycles. The molecule has 4 heavy (non-hydrogen) atoms. The van der Waals surface area contributed by atoms with Crippen LogP contribution in [0.25, 0.3) is 0 Å². The van der Waals surface area contributed by atoms with Crippen molar-refractivity contribution in [2.75, 3.05) is 0 Å². The van der Waals surface area contributed by atoms with Crippen LogP contribution < -0.4 is 0 Å². The molecule has 0 aliphatic rings. The first-order chi connectivity index (χ1) is 1.00. The monoisotopic (exact) mass is 334 g/mol. The summed E-state index contributed by atoms with van der Waals surface area (Å²) in [4.78, 5) is 0. The molecule has 16 valence electrons. The summed E-state index contributed by atoms with van der Waals surface area (Å²) in [6.45, 7) is 0. The van der Waals surface area contributed by atoms with Gasteiger partial charge in [-0.05, 0) is 0 Å². The van der Waals surface area contributed by atoms with Crippen LogP contribution in [0.3, 0.4) is 0 Å². The normalized spacial score (nSPS) is 1.50. The van der Waals surface area contributed by atoms with E-state index in [0.717, 1.165) is 0 Å². The van der Waals surface area contributed by atoms with Crippen LogP contribution in [0, 0.1) is 35.6 Å². The van der Waals surface area contributed by atoms with Gasteiger partial charge in [0, 0.05) is 61.8 Å². The van der Waals surface area contributed by atoms with E-state index >= 15 is 0 Å². The van der Waals surface area contributed by atoms with Gasteiger partial charge in [0.05, 0.1) is 0 Å². The van der Waals surface area contributed by atoms with Gasteiger partial charge >= 0.3 is 33.1 Å². The quantitative estimate of drug-likeness (QED) is 0.603. The summed E-state index contributed by atoms with van der Waals surface area (Å²) < 4.78 is 8.38. The Bertz CT molecular complexity index is 8.00. The van der Waals surface area contributed by atoms with Gasteiger partial charge < -0.3 is 0 Å². The van der Waals surface area contributed by atoms with E-state index in [1.54, 1.807) is 0 Å². The molecular weight excluding hydrogens is 335 g/mol. The maximum absolute atomic E-state index is 8.38. The maximum atomic E-state index is 8.38. The Morgan fingerprint density at radius 1 is 1.25 bits per heavy atom. The van der Waals surface area contributed by atoms with E-state index in [1.165, 1.54) is 0 Å². The first-order valence-corrected chi connectivity index (χ1v) is 1.39. The molecule has 0 saturated carbocycles. The van der Waals surface area contributed by atoms with E-state index in [0.29, 0.717) is 0 Å². The molecule has 0 saturated heterocycles. The van der Waals surface area contributed by atoms with Crippen molar-refractivity contribution in [3.63, 3.8) is 0 Å². The molecule has 0 N–H and O–H groups in total. The second-order valence-corrected chi connectivity index (χ2v) is 0. The first kappa shape index (κ1) is 15.8. The topological polar surface area (TPSA) is 17.1 Å². The second kappa shape index (κ2) is 16.7. The van der Waals surface area contributed by atoms with E-state index in [-0.39, 0.29) is 92.8 Å². The fraction of sp³-hybridized carbons (Fsp3) is 0. The van der Waals surface area contributed by atoms with Crippen molar-refractivity contribution in [1.29, 1.82) is 0 Å². The number of rotatable bonds is 0. The summed E-state index contributed by atoms with van der Waals surface area (Å²) in [5.74, 6) is 0. The van der Waals surface area contributed by atoms with Crippen molar-refractivity contribution in [1.82, 2.24) is 0 Å². The number of hydrogen-bond acceptors (Lipinski definition) is 1. The Balaban J connectivity index is -0.00000000500. The van der Waals surface area contributed by atoms with E-state index in [9.17, 15) is 0 Å². The summed E-state index contributed by atoms with van der Waals surface area (Å²) >= 11 is 0.100. The van der Waals surface area contributed by atoms with Gasteiger partial charge in [-0.3, -0.25) is 0 Å². The fourth-order valence-electron chi connectivity index (χ4n) is 0. The summed E-state index contributed by atoms with van der Waals surface area (Å²) in [5.41, 5.74) is 0. The van der Waals surface area contributed by atoms with E-state index in [4.69, 9.17) is 2.04 Å². The molecule has 0 rings (SSSR count). The van der Waals surface area contributed by atoms with Crippen LogP contribution in [0.5, 0.6) is 0 Å². The van der Waals surface area contributed by atoms with Crippen molar-refractivity contribution < 1.29 is 94.9 Å². The van der Waals surface area contributed by atoms with Gasteiger partial charge in [0.25, 0.3) is 0 Å². The van der Waals surface area contributed by atoms with Crippen LogP contribution in [0.1, 0.15) is 0 Å². The molecule has 0 aliphatic heterocycles. The van der Waals surface area contributed by atoms with Gasteiger partial charge in [0.1, 0.15) is 0 Å². The molecule has 0 amide bonds. The van der Waals surface area contributed by atoms with Crippen LogP contribution in [0.15, 0.2) is 0 Å². The molecule has 0 bridgehead atoms. The average molecular weight is 335 g/mol. The third-order valence-electron chi connectivity index (χ3n) is 0. The maximum Gasteiger partial charge on any atom is 0 e. The SMILES string of the molecule is [La].[O]=[Y].[Zr]. The Hall–Kier alpha value is 2.98. The van der Waals surface area contributed by atoms with Gasteiger partial charge in [-0.2, -0.15) is 0 Å². The molecular formula is LaOYZr. The Kier molecular flexibility index (Phi) is 65.8. The third kappa shape index (κ3) is 8.88. The van der Waals surface area contributed by atoms with Gasteiger partial charge in [0.15, 0.2) is 0 Å². The largest absolute Gasteiger partial charge is 0 e. The molecule has 1 nitrogen and oxygen atoms in total. The molecule has 0 atom stereocenters. The summed E-state index contributed by atoms with van der Waals surface area (Å²) in [7, 11) is 0. The van der Waals surface area contributed by atoms with E-state index < -0.39 is 0 Å². The molecule has 1 radical (unpaired) electrons. The Morgan fingerprint density at radius 2 is 1.25 bits per heavy atom. The zero-order valence-corrected chi connectivity index (χ0v) is 11.0. The van der Waals surface area contributed by atoms with Crippen LogP contribution in [0.4, 0.5) is 0 Å². The van der Waals surface area contributed by atoms with Crippen LogP contribution in [-0.4, -0.2) is 0 Å². The van der Waals surface area contributed by atoms with Gasteiger partial charge in [0.2, 0.25) is 0 Å². The molecule has 0 unspecified atom stereocenters. The Labute approximate surface area is 92.5 Å². The minimum absolute atomic E-state index is 0. The molecule has 4 heteroatoms. The van der Waals surface area contributed by atoms with Crippen molar-refractivity contribution in [3.05, 3.63) is 0 Å². The molecule has 0 spiro atoms. The van der Waals surface area contributed by atoms with Crippen LogP contribution in [0.2, 0.25) is 0 Å². The van der Waals surface area contributed by atoms with Crippen molar-refractivity contribution >= 4 is 0 Å². The van der Waals surface area contributed by atoms with Crippen molar-refractivity contribution in [2.24, 2.45) is 0 Å². The molecule has 0 aromatic rings. The van der Waals surface area contributed by atoms with Crippen molar-refractivity contribution in [3.8, 4) is 0 Å². The molecule has 0 heterocycles. The van der Waals surface area contributed by atoms with Gasteiger partial charge in [-0.15, -0.1) is 0 Å². The van der Waals surface area contributed by atoms with E-state index in [2.05, 4.69) is 0 Å². The summed E-state index contributed by atoms with van der Waals surface area (Å²) in [6, 6.07) is 0. The molecule has 0 fully saturated rings. The minimum Gasteiger partial charge on any atom is 0 e. The zero-order valence-electron chi connectivity index (χ0n) is 2.06. The van der Waals surface area contributed by atoms with Crippen molar-refractivity contribution in [2.45, 2.75) is 0 Å². The minimum atomic E-state index is 0. The third-order valence-corrected chi connectivity index (χ3v) is 0. The standard InChI is InChI=1S/La.O.Y.Zr. The Morgan fingerprint density at radius 3 is 1.25 bits per heavy atom. The molecule has 0 aliphatic carbocycles. The van der Waals surface area contributed by atoms with Gasteiger partial charge in [-0.25, -0.2) is 0 Å².